The predicted molar refractivity (Wildman–Crippen MR) is 148 cm³/mol. The van der Waals surface area contributed by atoms with Crippen molar-refractivity contribution < 1.29 is 18.0 Å². The van der Waals surface area contributed by atoms with Crippen LogP contribution in [0.1, 0.15) is 26.4 Å². The fourth-order valence-electron chi connectivity index (χ4n) is 4.19. The number of pyridine rings is 1. The molecule has 3 N–H and O–H groups in total. The Kier molecular flexibility index (Phi) is 6.56. The lowest BCUT2D eigenvalue weighted by atomic mass is 10.0. The number of anilines is 4. The Labute approximate surface area is 220 Å². The van der Waals surface area contributed by atoms with Gasteiger partial charge in [-0.15, -0.1) is 0 Å². The zero-order valence-corrected chi connectivity index (χ0v) is 21.5. The maximum absolute atomic E-state index is 13.0. The Balaban J connectivity index is 1.47. The molecule has 0 spiro atoms. The van der Waals surface area contributed by atoms with Crippen LogP contribution in [-0.2, 0) is 16.6 Å². The Bertz CT molecular complexity index is 1660. The van der Waals surface area contributed by atoms with Crippen molar-refractivity contribution in [3.8, 4) is 11.1 Å². The van der Waals surface area contributed by atoms with E-state index in [0.717, 1.165) is 17.5 Å². The Hall–Kier alpha value is -4.70. The van der Waals surface area contributed by atoms with E-state index in [2.05, 4.69) is 20.9 Å². The summed E-state index contributed by atoms with van der Waals surface area (Å²) < 4.78 is 25.6. The number of nitrogens with one attached hydrogen (secondary N) is 3. The second-order valence-electron chi connectivity index (χ2n) is 8.85. The van der Waals surface area contributed by atoms with E-state index in [4.69, 9.17) is 0 Å². The van der Waals surface area contributed by atoms with E-state index in [-0.39, 0.29) is 18.4 Å². The van der Waals surface area contributed by atoms with E-state index < -0.39 is 10.0 Å². The van der Waals surface area contributed by atoms with Gasteiger partial charge in [0.1, 0.15) is 0 Å². The maximum atomic E-state index is 13.0. The quantitative estimate of drug-likeness (QED) is 0.342. The van der Waals surface area contributed by atoms with E-state index in [1.165, 1.54) is 11.4 Å². The fraction of sp³-hybridized carbons (Fsp3) is 0.107. The lowest BCUT2D eigenvalue weighted by Crippen LogP contribution is -2.25. The van der Waals surface area contributed by atoms with Gasteiger partial charge in [0.15, 0.2) is 0 Å². The monoisotopic (exact) mass is 527 g/mol. The number of hydrogen-bond donors (Lipinski definition) is 3. The molecular formula is C28H25N5O4S. The molecule has 1 aromatic heterocycles. The average Bonchev–Trinajstić information content (AvgIpc) is 3.06. The lowest BCUT2D eigenvalue weighted by Gasteiger charge is -2.21. The topological polar surface area (TPSA) is 120 Å². The number of carbonyl (C=O) groups is 2. The maximum Gasteiger partial charge on any atom is 0.257 e. The molecule has 0 bridgehead atoms. The molecule has 1 aliphatic heterocycles. The second kappa shape index (κ2) is 9.98. The first kappa shape index (κ1) is 25.0. The second-order valence-corrected chi connectivity index (χ2v) is 10.9. The molecule has 0 saturated heterocycles. The first-order valence-electron chi connectivity index (χ1n) is 11.8. The normalized spacial score (nSPS) is 12.3. The number of hydrogen-bond acceptors (Lipinski definition) is 6. The van der Waals surface area contributed by atoms with E-state index in [1.807, 2.05) is 30.3 Å². The number of carbonyl (C=O) groups excluding carboxylic acids is 2. The highest BCUT2D eigenvalue weighted by Crippen LogP contribution is 2.37. The molecule has 0 saturated carbocycles. The minimum absolute atomic E-state index is 0.275. The van der Waals surface area contributed by atoms with Crippen LogP contribution in [0, 0.1) is 0 Å². The zero-order valence-electron chi connectivity index (χ0n) is 20.7. The van der Waals surface area contributed by atoms with Crippen molar-refractivity contribution in [2.45, 2.75) is 6.54 Å². The van der Waals surface area contributed by atoms with Crippen molar-refractivity contribution >= 4 is 44.6 Å². The molecule has 0 unspecified atom stereocenters. The molecule has 5 rings (SSSR count). The molecule has 4 aromatic rings. The highest BCUT2D eigenvalue weighted by molar-refractivity contribution is 7.92. The number of rotatable bonds is 6. The first-order chi connectivity index (χ1) is 18.2. The Morgan fingerprint density at radius 3 is 2.45 bits per heavy atom. The highest BCUT2D eigenvalue weighted by atomic mass is 32.2. The van der Waals surface area contributed by atoms with Gasteiger partial charge >= 0.3 is 0 Å². The third kappa shape index (κ3) is 5.07. The van der Waals surface area contributed by atoms with Crippen LogP contribution in [0.15, 0.2) is 85.1 Å². The number of benzene rings is 3. The van der Waals surface area contributed by atoms with Gasteiger partial charge in [0.25, 0.3) is 11.8 Å². The van der Waals surface area contributed by atoms with Gasteiger partial charge in [-0.05, 0) is 54.1 Å². The summed E-state index contributed by atoms with van der Waals surface area (Å²) in [6.45, 7) is 0.286. The van der Waals surface area contributed by atoms with Crippen LogP contribution < -0.4 is 20.3 Å². The van der Waals surface area contributed by atoms with Crippen molar-refractivity contribution in [1.82, 2.24) is 10.3 Å². The van der Waals surface area contributed by atoms with Crippen molar-refractivity contribution in [2.24, 2.45) is 0 Å². The molecule has 0 atom stereocenters. The van der Waals surface area contributed by atoms with E-state index >= 15 is 0 Å². The van der Waals surface area contributed by atoms with Gasteiger partial charge in [-0.25, -0.2) is 8.42 Å². The summed E-state index contributed by atoms with van der Waals surface area (Å²) >= 11 is 0. The van der Waals surface area contributed by atoms with Gasteiger partial charge in [0, 0.05) is 24.4 Å². The summed E-state index contributed by atoms with van der Waals surface area (Å²) in [5, 5.41) is 9.02. The van der Waals surface area contributed by atoms with E-state index in [0.29, 0.717) is 39.4 Å². The van der Waals surface area contributed by atoms with Crippen LogP contribution in [0.2, 0.25) is 0 Å². The van der Waals surface area contributed by atoms with Crippen molar-refractivity contribution in [3.05, 3.63) is 102 Å². The largest absolute Gasteiger partial charge is 0.353 e. The van der Waals surface area contributed by atoms with Gasteiger partial charge in [0.05, 0.1) is 46.8 Å². The van der Waals surface area contributed by atoms with Crippen molar-refractivity contribution in [3.63, 3.8) is 0 Å². The van der Waals surface area contributed by atoms with Crippen LogP contribution >= 0.6 is 0 Å². The molecule has 38 heavy (non-hydrogen) atoms. The van der Waals surface area contributed by atoms with Crippen LogP contribution in [0.5, 0.6) is 0 Å². The van der Waals surface area contributed by atoms with E-state index in [9.17, 15) is 18.0 Å². The number of amides is 2. The highest BCUT2D eigenvalue weighted by Gasteiger charge is 2.22. The number of nitrogens with zero attached hydrogens (tertiary/aromatic N) is 2. The van der Waals surface area contributed by atoms with E-state index in [1.54, 1.807) is 54.7 Å². The Morgan fingerprint density at radius 1 is 0.895 bits per heavy atom. The number of sulfonamides is 1. The molecule has 0 aliphatic carbocycles. The number of aromatic nitrogens is 1. The summed E-state index contributed by atoms with van der Waals surface area (Å²) in [6.07, 6.45) is 2.81. The smallest absolute Gasteiger partial charge is 0.257 e. The van der Waals surface area contributed by atoms with Gasteiger partial charge in [-0.2, -0.15) is 0 Å². The summed E-state index contributed by atoms with van der Waals surface area (Å²) in [5.41, 5.74) is 5.13. The summed E-state index contributed by atoms with van der Waals surface area (Å²) in [7, 11) is -1.98. The summed E-state index contributed by atoms with van der Waals surface area (Å²) in [6, 6.07) is 22.9. The van der Waals surface area contributed by atoms with Gasteiger partial charge in [0.2, 0.25) is 10.0 Å². The van der Waals surface area contributed by atoms with Crippen LogP contribution in [0.25, 0.3) is 11.1 Å². The molecule has 1 aliphatic rings. The molecule has 9 nitrogen and oxygen atoms in total. The van der Waals surface area contributed by atoms with Crippen molar-refractivity contribution in [2.75, 3.05) is 28.2 Å². The summed E-state index contributed by atoms with van der Waals surface area (Å²) in [5.74, 6) is -0.575. The van der Waals surface area contributed by atoms with Crippen LogP contribution in [0.3, 0.4) is 0 Å². The lowest BCUT2D eigenvalue weighted by molar-refractivity contribution is 0.0949. The molecule has 10 heteroatoms. The summed E-state index contributed by atoms with van der Waals surface area (Å²) in [4.78, 5) is 30.0. The fourth-order valence-corrected chi connectivity index (χ4v) is 4.71. The molecule has 192 valence electrons. The van der Waals surface area contributed by atoms with Crippen LogP contribution in [-0.4, -0.2) is 38.5 Å². The Morgan fingerprint density at radius 2 is 1.68 bits per heavy atom. The minimum Gasteiger partial charge on any atom is -0.353 e. The van der Waals surface area contributed by atoms with Gasteiger partial charge in [-0.3, -0.25) is 18.9 Å². The zero-order chi connectivity index (χ0) is 26.9. The number of fused-ring (bicyclic) bond motifs is 2. The van der Waals surface area contributed by atoms with Crippen LogP contribution in [0.4, 0.5) is 22.7 Å². The molecular weight excluding hydrogens is 502 g/mol. The molecule has 2 amide bonds. The average molecular weight is 528 g/mol. The third-order valence-electron chi connectivity index (χ3n) is 6.27. The molecule has 3 aromatic carbocycles. The predicted octanol–water partition coefficient (Wildman–Crippen LogP) is 4.38. The third-order valence-corrected chi connectivity index (χ3v) is 7.46. The van der Waals surface area contributed by atoms with Gasteiger partial charge < -0.3 is 16.0 Å². The van der Waals surface area contributed by atoms with Gasteiger partial charge in [-0.1, -0.05) is 30.3 Å². The molecule has 0 fully saturated rings. The molecule has 0 radical (unpaired) electrons. The standard InChI is InChI=1S/C28H25N5O4S/c1-33(38(2,36)37)26-9-4-3-8-21(26)18-10-12-22-24(15-18)31-25-16-19(11-13-23(25)32-28(22)35)27(34)30-17-20-7-5-6-14-29-20/h3-16,31H,17H2,1-2H3,(H,30,34)(H,32,35). The first-order valence-corrected chi connectivity index (χ1v) is 13.6. The minimum atomic E-state index is -3.48. The SMILES string of the molecule is CN(c1ccccc1-c1ccc2c(c1)Nc1cc(C(=O)NCc3ccccn3)ccc1NC2=O)S(C)(=O)=O. The molecule has 2 heterocycles. The van der Waals surface area contributed by atoms with Crippen molar-refractivity contribution in [1.29, 1.82) is 0 Å². The number of para-hydroxylation sites is 1.